The van der Waals surface area contributed by atoms with Gasteiger partial charge >= 0.3 is 0 Å². The Hall–Kier alpha value is -1.66. The quantitative estimate of drug-likeness (QED) is 0.826. The van der Waals surface area contributed by atoms with E-state index in [0.29, 0.717) is 5.41 Å². The Balaban J connectivity index is 1.20. The molecule has 1 amide bonds. The SMILES string of the molecule is CC(CN1CCN(c2ccccn2)CC1)NC(=O)C1CC12CCNCC2. The molecule has 3 aliphatic rings. The summed E-state index contributed by atoms with van der Waals surface area (Å²) in [7, 11) is 0. The molecule has 1 spiro atoms. The van der Waals surface area contributed by atoms with E-state index in [2.05, 4.69) is 38.4 Å². The number of hydrogen-bond donors (Lipinski definition) is 2. The highest BCUT2D eigenvalue weighted by molar-refractivity contribution is 5.82. The molecular weight excluding hydrogens is 326 g/mol. The molecule has 1 aromatic heterocycles. The summed E-state index contributed by atoms with van der Waals surface area (Å²) in [6.07, 6.45) is 5.27. The van der Waals surface area contributed by atoms with Gasteiger partial charge in [0.1, 0.15) is 5.82 Å². The number of amides is 1. The summed E-state index contributed by atoms with van der Waals surface area (Å²) in [5, 5.41) is 6.68. The molecule has 0 radical (unpaired) electrons. The fourth-order valence-corrected chi connectivity index (χ4v) is 4.67. The van der Waals surface area contributed by atoms with Crippen molar-refractivity contribution in [3.63, 3.8) is 0 Å². The van der Waals surface area contributed by atoms with Crippen molar-refractivity contribution in [2.24, 2.45) is 11.3 Å². The number of hydrogen-bond acceptors (Lipinski definition) is 5. The third-order valence-corrected chi connectivity index (χ3v) is 6.37. The van der Waals surface area contributed by atoms with Crippen LogP contribution in [0.4, 0.5) is 5.82 Å². The van der Waals surface area contributed by atoms with Gasteiger partial charge in [-0.05, 0) is 56.8 Å². The van der Waals surface area contributed by atoms with E-state index in [9.17, 15) is 4.79 Å². The predicted octanol–water partition coefficient (Wildman–Crippen LogP) is 1.10. The van der Waals surface area contributed by atoms with E-state index in [4.69, 9.17) is 0 Å². The van der Waals surface area contributed by atoms with Crippen LogP contribution in [-0.2, 0) is 4.79 Å². The topological polar surface area (TPSA) is 60.5 Å². The van der Waals surface area contributed by atoms with Crippen LogP contribution in [0.25, 0.3) is 0 Å². The van der Waals surface area contributed by atoms with E-state index < -0.39 is 0 Å². The predicted molar refractivity (Wildman–Crippen MR) is 103 cm³/mol. The second-order valence-electron chi connectivity index (χ2n) is 8.25. The number of aromatic nitrogens is 1. The van der Waals surface area contributed by atoms with E-state index in [0.717, 1.165) is 70.9 Å². The first-order valence-corrected chi connectivity index (χ1v) is 10.1. The Bertz CT molecular complexity index is 608. The number of carbonyl (C=O) groups excluding carboxylic acids is 1. The molecule has 142 valence electrons. The fourth-order valence-electron chi connectivity index (χ4n) is 4.67. The van der Waals surface area contributed by atoms with Gasteiger partial charge in [-0.3, -0.25) is 9.69 Å². The van der Waals surface area contributed by atoms with E-state index in [1.807, 2.05) is 18.3 Å². The number of nitrogens with one attached hydrogen (secondary N) is 2. The number of carbonyl (C=O) groups is 1. The monoisotopic (exact) mass is 357 g/mol. The van der Waals surface area contributed by atoms with Gasteiger partial charge < -0.3 is 15.5 Å². The second-order valence-corrected chi connectivity index (χ2v) is 8.25. The lowest BCUT2D eigenvalue weighted by Gasteiger charge is -2.36. The van der Waals surface area contributed by atoms with Gasteiger partial charge in [-0.25, -0.2) is 4.98 Å². The highest BCUT2D eigenvalue weighted by Crippen LogP contribution is 2.58. The van der Waals surface area contributed by atoms with Crippen molar-refractivity contribution in [1.29, 1.82) is 0 Å². The molecule has 6 nitrogen and oxygen atoms in total. The Morgan fingerprint density at radius 3 is 2.77 bits per heavy atom. The number of rotatable bonds is 5. The van der Waals surface area contributed by atoms with Gasteiger partial charge in [0.05, 0.1) is 0 Å². The van der Waals surface area contributed by atoms with Crippen molar-refractivity contribution in [3.8, 4) is 0 Å². The normalized spacial score (nSPS) is 26.5. The molecule has 4 rings (SSSR count). The van der Waals surface area contributed by atoms with E-state index in [1.165, 1.54) is 0 Å². The molecule has 2 N–H and O–H groups in total. The average Bonchev–Trinajstić information content (AvgIpc) is 3.36. The summed E-state index contributed by atoms with van der Waals surface area (Å²) in [6, 6.07) is 6.28. The molecule has 6 heteroatoms. The lowest BCUT2D eigenvalue weighted by molar-refractivity contribution is -0.124. The minimum absolute atomic E-state index is 0.211. The van der Waals surface area contributed by atoms with Crippen LogP contribution in [0, 0.1) is 11.3 Å². The lowest BCUT2D eigenvalue weighted by atomic mass is 9.91. The smallest absolute Gasteiger partial charge is 0.223 e. The molecule has 1 aromatic rings. The molecule has 1 saturated carbocycles. The molecule has 2 saturated heterocycles. The maximum Gasteiger partial charge on any atom is 0.223 e. The van der Waals surface area contributed by atoms with Crippen molar-refractivity contribution in [1.82, 2.24) is 20.5 Å². The first-order valence-electron chi connectivity index (χ1n) is 10.1. The molecule has 0 bridgehead atoms. The summed E-state index contributed by atoms with van der Waals surface area (Å²) < 4.78 is 0. The zero-order valence-electron chi connectivity index (χ0n) is 15.8. The third kappa shape index (κ3) is 3.86. The largest absolute Gasteiger partial charge is 0.354 e. The number of anilines is 1. The van der Waals surface area contributed by atoms with Crippen molar-refractivity contribution in [2.45, 2.75) is 32.2 Å². The molecule has 0 aromatic carbocycles. The van der Waals surface area contributed by atoms with E-state index in [-0.39, 0.29) is 17.9 Å². The van der Waals surface area contributed by atoms with E-state index in [1.54, 1.807) is 0 Å². The molecule has 2 unspecified atom stereocenters. The molecule has 3 fully saturated rings. The zero-order valence-corrected chi connectivity index (χ0v) is 15.8. The van der Waals surface area contributed by atoms with Crippen LogP contribution in [0.5, 0.6) is 0 Å². The summed E-state index contributed by atoms with van der Waals surface area (Å²) in [4.78, 5) is 21.8. The van der Waals surface area contributed by atoms with Gasteiger partial charge in [0, 0.05) is 50.9 Å². The van der Waals surface area contributed by atoms with Gasteiger partial charge in [-0.2, -0.15) is 0 Å². The summed E-state index contributed by atoms with van der Waals surface area (Å²) >= 11 is 0. The Labute approximate surface area is 156 Å². The fraction of sp³-hybridized carbons (Fsp3) is 0.700. The van der Waals surface area contributed by atoms with Crippen molar-refractivity contribution < 1.29 is 4.79 Å². The summed E-state index contributed by atoms with van der Waals surface area (Å²) in [5.74, 6) is 1.61. The third-order valence-electron chi connectivity index (χ3n) is 6.37. The van der Waals surface area contributed by atoms with Crippen molar-refractivity contribution >= 4 is 11.7 Å². The number of pyridine rings is 1. The van der Waals surface area contributed by atoms with Crippen molar-refractivity contribution in [3.05, 3.63) is 24.4 Å². The van der Waals surface area contributed by atoms with Crippen LogP contribution >= 0.6 is 0 Å². The molecule has 26 heavy (non-hydrogen) atoms. The standard InChI is InChI=1S/C20H31N5O/c1-16(23-19(26)17-14-20(17)5-8-21-9-6-20)15-24-10-12-25(13-11-24)18-4-2-3-7-22-18/h2-4,7,16-17,21H,5-6,8-15H2,1H3,(H,23,26). The minimum Gasteiger partial charge on any atom is -0.354 e. The van der Waals surface area contributed by atoms with Crippen LogP contribution in [0.15, 0.2) is 24.4 Å². The van der Waals surface area contributed by atoms with Gasteiger partial charge in [-0.1, -0.05) is 6.07 Å². The van der Waals surface area contributed by atoms with Crippen LogP contribution in [0.3, 0.4) is 0 Å². The van der Waals surface area contributed by atoms with Gasteiger partial charge in [0.25, 0.3) is 0 Å². The van der Waals surface area contributed by atoms with Crippen LogP contribution < -0.4 is 15.5 Å². The second kappa shape index (κ2) is 7.53. The van der Waals surface area contributed by atoms with Gasteiger partial charge in [0.2, 0.25) is 5.91 Å². The summed E-state index contributed by atoms with van der Waals surface area (Å²) in [5.41, 5.74) is 0.323. The maximum absolute atomic E-state index is 12.6. The Morgan fingerprint density at radius 2 is 2.08 bits per heavy atom. The molecular formula is C20H31N5O. The Morgan fingerprint density at radius 1 is 1.31 bits per heavy atom. The minimum atomic E-state index is 0.211. The number of piperazine rings is 1. The van der Waals surface area contributed by atoms with Gasteiger partial charge in [0.15, 0.2) is 0 Å². The molecule has 2 atom stereocenters. The van der Waals surface area contributed by atoms with Crippen molar-refractivity contribution in [2.75, 3.05) is 50.7 Å². The molecule has 1 aliphatic carbocycles. The first kappa shape index (κ1) is 17.7. The number of piperidine rings is 1. The van der Waals surface area contributed by atoms with Crippen LogP contribution in [0.1, 0.15) is 26.2 Å². The lowest BCUT2D eigenvalue weighted by Crippen LogP contribution is -2.51. The highest BCUT2D eigenvalue weighted by Gasteiger charge is 2.57. The van der Waals surface area contributed by atoms with Crippen LogP contribution in [-0.4, -0.2) is 67.6 Å². The van der Waals surface area contributed by atoms with E-state index >= 15 is 0 Å². The highest BCUT2D eigenvalue weighted by atomic mass is 16.2. The first-order chi connectivity index (χ1) is 12.7. The average molecular weight is 358 g/mol. The summed E-state index contributed by atoms with van der Waals surface area (Å²) in [6.45, 7) is 9.25. The zero-order chi connectivity index (χ0) is 18.0. The maximum atomic E-state index is 12.6. The van der Waals surface area contributed by atoms with Gasteiger partial charge in [-0.15, -0.1) is 0 Å². The molecule has 3 heterocycles. The number of nitrogens with zero attached hydrogens (tertiary/aromatic N) is 3. The Kier molecular flexibility index (Phi) is 5.14. The van der Waals surface area contributed by atoms with Crippen LogP contribution in [0.2, 0.25) is 0 Å². The molecule has 2 aliphatic heterocycles.